The summed E-state index contributed by atoms with van der Waals surface area (Å²) in [7, 11) is 0. The highest BCUT2D eigenvalue weighted by Gasteiger charge is 2.14. The minimum atomic E-state index is -0.276. The van der Waals surface area contributed by atoms with Crippen molar-refractivity contribution in [1.82, 2.24) is 10.6 Å². The monoisotopic (exact) mass is 904 g/mol. The summed E-state index contributed by atoms with van der Waals surface area (Å²) in [5.74, 6) is -0.497. The molecule has 232 valence electrons. The Hall–Kier alpha value is -2.43. The summed E-state index contributed by atoms with van der Waals surface area (Å²) in [4.78, 5) is 24.4. The molecule has 2 amide bonds. The number of hydrogen-bond acceptors (Lipinski definition) is 6. The third-order valence-corrected chi connectivity index (χ3v) is 8.23. The summed E-state index contributed by atoms with van der Waals surface area (Å²) < 4.78 is 3.14. The van der Waals surface area contributed by atoms with Gasteiger partial charge in [0, 0.05) is 41.1 Å². The fourth-order valence-electron chi connectivity index (χ4n) is 3.98. The van der Waals surface area contributed by atoms with E-state index in [-0.39, 0.29) is 38.1 Å². The molecule has 0 spiro atoms. The molecule has 0 aliphatic rings. The second-order valence-electron chi connectivity index (χ2n) is 9.51. The van der Waals surface area contributed by atoms with Crippen molar-refractivity contribution in [3.8, 4) is 0 Å². The number of nitrogens with one attached hydrogen (secondary N) is 4. The van der Waals surface area contributed by atoms with Gasteiger partial charge in [-0.1, -0.05) is 27.5 Å². The number of carbonyl (C=O) groups is 2. The van der Waals surface area contributed by atoms with Crippen LogP contribution in [0.2, 0.25) is 5.02 Å². The number of benzene rings is 4. The van der Waals surface area contributed by atoms with Gasteiger partial charge in [-0.2, -0.15) is 0 Å². The zero-order valence-corrected chi connectivity index (χ0v) is 30.6. The van der Waals surface area contributed by atoms with E-state index < -0.39 is 0 Å². The summed E-state index contributed by atoms with van der Waals surface area (Å²) in [6.07, 6.45) is 0. The minimum Gasteiger partial charge on any atom is -0.395 e. The Bertz CT molecular complexity index is 1500. The van der Waals surface area contributed by atoms with Gasteiger partial charge in [-0.15, -0.1) is 0 Å². The van der Waals surface area contributed by atoms with Gasteiger partial charge < -0.3 is 31.5 Å². The van der Waals surface area contributed by atoms with Gasteiger partial charge in [-0.3, -0.25) is 9.59 Å². The van der Waals surface area contributed by atoms with Crippen molar-refractivity contribution in [3.05, 3.63) is 112 Å². The molecule has 44 heavy (non-hydrogen) atoms. The molecule has 0 atom stereocenters. The van der Waals surface area contributed by atoms with Crippen molar-refractivity contribution in [2.45, 2.75) is 13.8 Å². The summed E-state index contributed by atoms with van der Waals surface area (Å²) in [5, 5.41) is 30.0. The van der Waals surface area contributed by atoms with Crippen LogP contribution in [0.1, 0.15) is 31.8 Å². The lowest BCUT2D eigenvalue weighted by atomic mass is 10.1. The number of halogens is 4. The average Bonchev–Trinajstić information content (AvgIpc) is 2.99. The average molecular weight is 906 g/mol. The Kier molecular flexibility index (Phi) is 14.7. The first-order valence-electron chi connectivity index (χ1n) is 13.5. The quantitative estimate of drug-likeness (QED) is 0.0916. The molecule has 0 aromatic heterocycles. The first kappa shape index (κ1) is 36.0. The summed E-state index contributed by atoms with van der Waals surface area (Å²) in [6, 6.07) is 22.7. The van der Waals surface area contributed by atoms with Crippen LogP contribution in [0.3, 0.4) is 0 Å². The van der Waals surface area contributed by atoms with Crippen LogP contribution in [0.5, 0.6) is 0 Å². The molecular formula is C32H32BrClI2N4O4. The van der Waals surface area contributed by atoms with Crippen molar-refractivity contribution >= 4 is 107 Å². The van der Waals surface area contributed by atoms with Crippen molar-refractivity contribution < 1.29 is 19.8 Å². The Morgan fingerprint density at radius 3 is 1.57 bits per heavy atom. The van der Waals surface area contributed by atoms with Gasteiger partial charge in [0.15, 0.2) is 0 Å². The SMILES string of the molecule is Cc1cc(I)ccc1Nc1ccc(Br)cc1C(=O)NCCO.Cc1cc(I)ccc1Nc1ccc(Cl)cc1C(=O)NCCO. The molecule has 0 radical (unpaired) electrons. The lowest BCUT2D eigenvalue weighted by Gasteiger charge is -2.14. The van der Waals surface area contributed by atoms with Gasteiger partial charge >= 0.3 is 0 Å². The Balaban J connectivity index is 0.000000240. The van der Waals surface area contributed by atoms with Gasteiger partial charge in [0.2, 0.25) is 0 Å². The van der Waals surface area contributed by atoms with Crippen LogP contribution in [0.4, 0.5) is 22.7 Å². The zero-order valence-electron chi connectivity index (χ0n) is 24.0. The van der Waals surface area contributed by atoms with E-state index in [4.69, 9.17) is 21.8 Å². The third kappa shape index (κ3) is 10.9. The molecule has 8 nitrogen and oxygen atoms in total. The van der Waals surface area contributed by atoms with E-state index in [0.717, 1.165) is 39.8 Å². The molecule has 0 aliphatic carbocycles. The van der Waals surface area contributed by atoms with Crippen LogP contribution in [0.15, 0.2) is 77.3 Å². The molecule has 0 bridgehead atoms. The molecule has 0 aliphatic heterocycles. The van der Waals surface area contributed by atoms with Gasteiger partial charge in [-0.25, -0.2) is 0 Å². The minimum absolute atomic E-state index is 0.0846. The molecule has 6 N–H and O–H groups in total. The first-order valence-corrected chi connectivity index (χ1v) is 16.8. The number of amides is 2. The number of aryl methyl sites for hydroxylation is 2. The highest BCUT2D eigenvalue weighted by atomic mass is 127. The van der Waals surface area contributed by atoms with E-state index in [1.54, 1.807) is 24.3 Å². The van der Waals surface area contributed by atoms with E-state index >= 15 is 0 Å². The van der Waals surface area contributed by atoms with Crippen LogP contribution in [0, 0.1) is 21.0 Å². The molecule has 4 aromatic rings. The Morgan fingerprint density at radius 2 is 1.11 bits per heavy atom. The lowest BCUT2D eigenvalue weighted by Crippen LogP contribution is -2.27. The van der Waals surface area contributed by atoms with Crippen molar-refractivity contribution in [3.63, 3.8) is 0 Å². The Labute approximate surface area is 297 Å². The van der Waals surface area contributed by atoms with Crippen LogP contribution >= 0.6 is 72.7 Å². The Morgan fingerprint density at radius 1 is 0.682 bits per heavy atom. The fraction of sp³-hybridized carbons (Fsp3) is 0.188. The lowest BCUT2D eigenvalue weighted by molar-refractivity contribution is 0.0938. The van der Waals surface area contributed by atoms with E-state index in [0.29, 0.717) is 21.8 Å². The van der Waals surface area contributed by atoms with Crippen LogP contribution in [-0.2, 0) is 0 Å². The highest BCUT2D eigenvalue weighted by molar-refractivity contribution is 14.1. The second kappa shape index (κ2) is 17.9. The van der Waals surface area contributed by atoms with Gasteiger partial charge in [0.25, 0.3) is 11.8 Å². The molecule has 0 saturated carbocycles. The normalized spacial score (nSPS) is 10.4. The number of anilines is 4. The summed E-state index contributed by atoms with van der Waals surface area (Å²) in [6.45, 7) is 4.27. The molecule has 0 heterocycles. The van der Waals surface area contributed by atoms with Gasteiger partial charge in [0.05, 0.1) is 35.7 Å². The molecule has 0 unspecified atom stereocenters. The topological polar surface area (TPSA) is 123 Å². The summed E-state index contributed by atoms with van der Waals surface area (Å²) in [5.41, 5.74) is 6.45. The first-order chi connectivity index (χ1) is 21.0. The van der Waals surface area contributed by atoms with Crippen LogP contribution < -0.4 is 21.3 Å². The zero-order chi connectivity index (χ0) is 32.2. The predicted octanol–water partition coefficient (Wildman–Crippen LogP) is 7.55. The molecule has 12 heteroatoms. The maximum atomic E-state index is 12.2. The summed E-state index contributed by atoms with van der Waals surface area (Å²) >= 11 is 13.9. The van der Waals surface area contributed by atoms with Crippen LogP contribution in [-0.4, -0.2) is 48.3 Å². The van der Waals surface area contributed by atoms with Crippen LogP contribution in [0.25, 0.3) is 0 Å². The predicted molar refractivity (Wildman–Crippen MR) is 199 cm³/mol. The third-order valence-electron chi connectivity index (χ3n) is 6.16. The standard InChI is InChI=1S/C16H16BrIN2O2.C16H16ClIN2O2/c2*1-10-8-12(18)3-5-14(10)20-15-4-2-11(17)9-13(15)16(22)19-6-7-21/h2*2-5,8-9,20-21H,6-7H2,1H3,(H,19,22). The van der Waals surface area contributed by atoms with E-state index in [1.807, 2.05) is 50.2 Å². The number of aliphatic hydroxyl groups excluding tert-OH is 2. The second-order valence-corrected chi connectivity index (χ2v) is 13.4. The number of rotatable bonds is 10. The van der Waals surface area contributed by atoms with E-state index in [2.05, 4.69) is 94.5 Å². The number of aliphatic hydroxyl groups is 2. The largest absolute Gasteiger partial charge is 0.395 e. The molecule has 4 aromatic carbocycles. The molecule has 0 saturated heterocycles. The maximum absolute atomic E-state index is 12.2. The fourth-order valence-corrected chi connectivity index (χ4v) is 5.81. The van der Waals surface area contributed by atoms with E-state index in [1.165, 1.54) is 0 Å². The molecule has 4 rings (SSSR count). The van der Waals surface area contributed by atoms with Crippen molar-refractivity contribution in [1.29, 1.82) is 0 Å². The smallest absolute Gasteiger partial charge is 0.253 e. The van der Waals surface area contributed by atoms with Crippen molar-refractivity contribution in [2.75, 3.05) is 36.9 Å². The highest BCUT2D eigenvalue weighted by Crippen LogP contribution is 2.28. The number of hydrogen-bond donors (Lipinski definition) is 6. The van der Waals surface area contributed by atoms with Gasteiger partial charge in [-0.05, 0) is 143 Å². The van der Waals surface area contributed by atoms with Gasteiger partial charge in [0.1, 0.15) is 0 Å². The molecule has 0 fully saturated rings. The van der Waals surface area contributed by atoms with Crippen molar-refractivity contribution in [2.24, 2.45) is 0 Å². The number of carbonyl (C=O) groups excluding carboxylic acids is 2. The van der Waals surface area contributed by atoms with E-state index in [9.17, 15) is 9.59 Å². The maximum Gasteiger partial charge on any atom is 0.253 e. The molecular weight excluding hydrogens is 874 g/mol.